The van der Waals surface area contributed by atoms with Crippen molar-refractivity contribution in [2.45, 2.75) is 78.2 Å². The van der Waals surface area contributed by atoms with Crippen LogP contribution in [-0.4, -0.2) is 24.4 Å². The molecule has 0 N–H and O–H groups in total. The van der Waals surface area contributed by atoms with E-state index < -0.39 is 14.5 Å². The molecule has 2 rings (SSSR count). The highest BCUT2D eigenvalue weighted by Gasteiger charge is 2.27. The number of rotatable bonds is 2. The molecule has 2 atom stereocenters. The van der Waals surface area contributed by atoms with Gasteiger partial charge in [-0.2, -0.15) is 0 Å². The van der Waals surface area contributed by atoms with E-state index in [1.807, 2.05) is 17.8 Å². The first-order valence-corrected chi connectivity index (χ1v) is 13.6. The summed E-state index contributed by atoms with van der Waals surface area (Å²) in [6, 6.07) is 2.15. The van der Waals surface area contributed by atoms with Gasteiger partial charge < -0.3 is 9.13 Å². The summed E-state index contributed by atoms with van der Waals surface area (Å²) in [5.41, 5.74) is 1.14. The van der Waals surface area contributed by atoms with Gasteiger partial charge in [-0.05, 0) is 26.8 Å². The minimum Gasteiger partial charge on any atom is -0.348 e. The minimum absolute atomic E-state index is 0.121. The molecule has 154 valence electrons. The van der Waals surface area contributed by atoms with E-state index in [-0.39, 0.29) is 15.9 Å². The number of aromatic nitrogens is 3. The van der Waals surface area contributed by atoms with Crippen molar-refractivity contribution < 1.29 is 0 Å². The van der Waals surface area contributed by atoms with E-state index in [0.717, 1.165) is 5.57 Å². The predicted molar refractivity (Wildman–Crippen MR) is 127 cm³/mol. The van der Waals surface area contributed by atoms with Crippen LogP contribution in [0.1, 0.15) is 62.3 Å². The Balaban J connectivity index is 0.000000277. The SMILES string of the molecule is CC(C)(C)n1ccc(P(Cl)C(C)(C)C)c1.Cn1ccnc1P(Cl)C(C)(C)C. The van der Waals surface area contributed by atoms with Crippen LogP contribution < -0.4 is 10.9 Å². The summed E-state index contributed by atoms with van der Waals surface area (Å²) < 4.78 is 4.22. The highest BCUT2D eigenvalue weighted by Crippen LogP contribution is 2.53. The molecule has 0 bridgehead atoms. The maximum atomic E-state index is 6.50. The van der Waals surface area contributed by atoms with Gasteiger partial charge in [-0.1, -0.05) is 64.0 Å². The Morgan fingerprint density at radius 2 is 1.37 bits per heavy atom. The third kappa shape index (κ3) is 7.36. The number of hydrogen-bond acceptors (Lipinski definition) is 1. The van der Waals surface area contributed by atoms with Crippen LogP contribution in [-0.2, 0) is 12.6 Å². The van der Waals surface area contributed by atoms with Crippen LogP contribution >= 0.6 is 37.0 Å². The average molecular weight is 450 g/mol. The molecule has 0 fully saturated rings. The molecular formula is C20H35Cl2N3P2. The minimum atomic E-state index is -0.676. The largest absolute Gasteiger partial charge is 0.348 e. The Morgan fingerprint density at radius 1 is 0.852 bits per heavy atom. The fraction of sp³-hybridized carbons (Fsp3) is 0.650. The summed E-state index contributed by atoms with van der Waals surface area (Å²) in [6.45, 7) is 19.6. The fourth-order valence-electron chi connectivity index (χ4n) is 2.15. The van der Waals surface area contributed by atoms with Crippen LogP contribution in [0.3, 0.4) is 0 Å². The number of imidazole rings is 1. The van der Waals surface area contributed by atoms with Crippen molar-refractivity contribution in [3.63, 3.8) is 0 Å². The summed E-state index contributed by atoms with van der Waals surface area (Å²) >= 11 is 12.8. The van der Waals surface area contributed by atoms with Crippen molar-refractivity contribution in [3.8, 4) is 0 Å². The van der Waals surface area contributed by atoms with E-state index in [0.29, 0.717) is 0 Å². The maximum Gasteiger partial charge on any atom is 0.147 e. The lowest BCUT2D eigenvalue weighted by molar-refractivity contribution is 0.399. The second-order valence-corrected chi connectivity index (χ2v) is 16.4. The summed E-state index contributed by atoms with van der Waals surface area (Å²) in [6.07, 6.45) is 8.03. The molecule has 3 nitrogen and oxygen atoms in total. The normalized spacial score (nSPS) is 15.1. The Bertz CT molecular complexity index is 719. The van der Waals surface area contributed by atoms with E-state index in [2.05, 4.69) is 90.3 Å². The zero-order chi connectivity index (χ0) is 21.2. The van der Waals surface area contributed by atoms with Crippen LogP contribution in [0.25, 0.3) is 0 Å². The third-order valence-electron chi connectivity index (χ3n) is 3.83. The molecule has 0 radical (unpaired) electrons. The standard InChI is InChI=1S/C12H21ClNP.C8H14ClN2P/c1-11(2,3)14-8-7-10(9-14)15(13)12(4,5)6;1-8(2,3)12(9)7-10-5-6-11(7)4/h7-9H,1-6H3;5-6H,1-4H3. The second-order valence-electron chi connectivity index (χ2n) is 9.69. The first-order chi connectivity index (χ1) is 12.0. The molecule has 7 heteroatoms. The van der Waals surface area contributed by atoms with Crippen molar-refractivity contribution in [2.75, 3.05) is 0 Å². The molecular weight excluding hydrogens is 415 g/mol. The maximum absolute atomic E-state index is 6.50. The van der Waals surface area contributed by atoms with Crippen LogP contribution in [0.15, 0.2) is 30.9 Å². The zero-order valence-corrected chi connectivity index (χ0v) is 21.7. The first kappa shape index (κ1) is 25.0. The van der Waals surface area contributed by atoms with E-state index in [4.69, 9.17) is 22.5 Å². The van der Waals surface area contributed by atoms with Crippen molar-refractivity contribution in [3.05, 3.63) is 30.9 Å². The van der Waals surface area contributed by atoms with E-state index in [1.165, 1.54) is 5.30 Å². The molecule has 0 saturated heterocycles. The molecule has 0 amide bonds. The smallest absolute Gasteiger partial charge is 0.147 e. The average Bonchev–Trinajstić information content (AvgIpc) is 3.12. The molecule has 0 aliphatic rings. The summed E-state index contributed by atoms with van der Waals surface area (Å²) in [5, 5.41) is 1.56. The highest BCUT2D eigenvalue weighted by molar-refractivity contribution is 7.91. The quantitative estimate of drug-likeness (QED) is 0.463. The Labute approximate surface area is 177 Å². The molecule has 2 aromatic rings. The molecule has 0 spiro atoms. The lowest BCUT2D eigenvalue weighted by Crippen LogP contribution is -2.22. The topological polar surface area (TPSA) is 22.8 Å². The molecule has 2 aromatic heterocycles. The van der Waals surface area contributed by atoms with E-state index >= 15 is 0 Å². The summed E-state index contributed by atoms with van der Waals surface area (Å²) in [4.78, 5) is 4.24. The van der Waals surface area contributed by atoms with Crippen molar-refractivity contribution in [2.24, 2.45) is 7.05 Å². The Hall–Kier alpha value is -0.0700. The fourth-order valence-corrected chi connectivity index (χ4v) is 5.25. The number of nitrogens with zero attached hydrogens (tertiary/aromatic N) is 3. The van der Waals surface area contributed by atoms with Gasteiger partial charge in [0.05, 0.1) is 7.27 Å². The van der Waals surface area contributed by atoms with Gasteiger partial charge >= 0.3 is 0 Å². The number of halogens is 2. The van der Waals surface area contributed by atoms with Gasteiger partial charge in [0, 0.05) is 60.3 Å². The first-order valence-electron chi connectivity index (χ1n) is 9.13. The number of aryl methyl sites for hydroxylation is 1. The molecule has 27 heavy (non-hydrogen) atoms. The highest BCUT2D eigenvalue weighted by atomic mass is 35.7. The second kappa shape index (κ2) is 9.17. The number of hydrogen-bond donors (Lipinski definition) is 0. The van der Waals surface area contributed by atoms with Gasteiger partial charge in [0.1, 0.15) is 5.57 Å². The zero-order valence-electron chi connectivity index (χ0n) is 18.4. The molecule has 0 aliphatic heterocycles. The van der Waals surface area contributed by atoms with Gasteiger partial charge in [-0.15, -0.1) is 0 Å². The molecule has 0 aliphatic carbocycles. The van der Waals surface area contributed by atoms with E-state index in [9.17, 15) is 0 Å². The van der Waals surface area contributed by atoms with Gasteiger partial charge in [-0.25, -0.2) is 4.98 Å². The van der Waals surface area contributed by atoms with Gasteiger partial charge in [-0.3, -0.25) is 0 Å². The van der Waals surface area contributed by atoms with Crippen LogP contribution in [0.4, 0.5) is 0 Å². The Morgan fingerprint density at radius 3 is 1.70 bits per heavy atom. The lowest BCUT2D eigenvalue weighted by atomic mass is 10.1. The summed E-state index contributed by atoms with van der Waals surface area (Å²) in [5.74, 6) is 0. The molecule has 0 saturated carbocycles. The van der Waals surface area contributed by atoms with Crippen LogP contribution in [0, 0.1) is 0 Å². The lowest BCUT2D eigenvalue weighted by Gasteiger charge is -2.25. The molecule has 2 unspecified atom stereocenters. The predicted octanol–water partition coefficient (Wildman–Crippen LogP) is 6.78. The van der Waals surface area contributed by atoms with Crippen molar-refractivity contribution in [1.82, 2.24) is 14.1 Å². The molecule has 2 heterocycles. The van der Waals surface area contributed by atoms with Crippen molar-refractivity contribution in [1.29, 1.82) is 0 Å². The van der Waals surface area contributed by atoms with E-state index in [1.54, 1.807) is 6.20 Å². The monoisotopic (exact) mass is 449 g/mol. The third-order valence-corrected chi connectivity index (χ3v) is 11.8. The van der Waals surface area contributed by atoms with Crippen LogP contribution in [0.5, 0.6) is 0 Å². The molecule has 0 aromatic carbocycles. The van der Waals surface area contributed by atoms with Gasteiger partial charge in [0.2, 0.25) is 0 Å². The van der Waals surface area contributed by atoms with Gasteiger partial charge in [0.15, 0.2) is 0 Å². The van der Waals surface area contributed by atoms with Gasteiger partial charge in [0.25, 0.3) is 0 Å². The Kier molecular flexibility index (Phi) is 8.48. The van der Waals surface area contributed by atoms with Crippen LogP contribution in [0.2, 0.25) is 0 Å². The summed E-state index contributed by atoms with van der Waals surface area (Å²) in [7, 11) is 0.710. The van der Waals surface area contributed by atoms with Crippen molar-refractivity contribution >= 4 is 47.9 Å².